The third kappa shape index (κ3) is 1.83. The molecule has 18 heavy (non-hydrogen) atoms. The molecule has 0 radical (unpaired) electrons. The average molecular weight is 259 g/mol. The smallest absolute Gasteiger partial charge is 0.227 e. The molecule has 0 spiro atoms. The van der Waals surface area contributed by atoms with Gasteiger partial charge in [-0.15, -0.1) is 0 Å². The summed E-state index contributed by atoms with van der Waals surface area (Å²) in [4.78, 5) is 4.41. The van der Waals surface area contributed by atoms with Gasteiger partial charge in [-0.2, -0.15) is 0 Å². The lowest BCUT2D eigenvalue weighted by Gasteiger charge is -1.96. The van der Waals surface area contributed by atoms with Crippen LogP contribution in [0.15, 0.2) is 40.8 Å². The molecule has 0 saturated carbocycles. The Labute approximate surface area is 109 Å². The van der Waals surface area contributed by atoms with Gasteiger partial charge in [-0.3, -0.25) is 0 Å². The highest BCUT2D eigenvalue weighted by molar-refractivity contribution is 6.31. The molecule has 3 aromatic rings. The van der Waals surface area contributed by atoms with Crippen LogP contribution in [0.1, 0.15) is 5.56 Å². The number of oxazole rings is 1. The van der Waals surface area contributed by atoms with Crippen molar-refractivity contribution in [3.8, 4) is 11.5 Å². The average Bonchev–Trinajstić information content (AvgIpc) is 2.73. The summed E-state index contributed by atoms with van der Waals surface area (Å²) in [5.74, 6) is 0.558. The van der Waals surface area contributed by atoms with Gasteiger partial charge >= 0.3 is 0 Å². The SMILES string of the molecule is Cc1cccc(-c2nc3cc(Cl)cc(N)c3o2)c1. The normalized spacial score (nSPS) is 11.0. The minimum Gasteiger partial charge on any atom is -0.434 e. The summed E-state index contributed by atoms with van der Waals surface area (Å²) in [6.45, 7) is 2.03. The number of hydrogen-bond donors (Lipinski definition) is 1. The molecule has 90 valence electrons. The third-order valence-electron chi connectivity index (χ3n) is 2.75. The summed E-state index contributed by atoms with van der Waals surface area (Å²) in [5.41, 5.74) is 9.71. The van der Waals surface area contributed by atoms with Crippen LogP contribution >= 0.6 is 11.6 Å². The molecule has 0 atom stereocenters. The molecular weight excluding hydrogens is 248 g/mol. The van der Waals surface area contributed by atoms with Crippen molar-refractivity contribution >= 4 is 28.4 Å². The van der Waals surface area contributed by atoms with E-state index in [2.05, 4.69) is 4.98 Å². The van der Waals surface area contributed by atoms with Crippen molar-refractivity contribution in [2.24, 2.45) is 0 Å². The van der Waals surface area contributed by atoms with Gasteiger partial charge in [-0.05, 0) is 31.2 Å². The number of nitrogens with two attached hydrogens (primary N) is 1. The highest BCUT2D eigenvalue weighted by atomic mass is 35.5. The topological polar surface area (TPSA) is 52.0 Å². The Morgan fingerprint density at radius 3 is 2.83 bits per heavy atom. The molecule has 0 amide bonds. The zero-order valence-electron chi connectivity index (χ0n) is 9.77. The first-order valence-corrected chi connectivity index (χ1v) is 5.94. The molecule has 1 heterocycles. The van der Waals surface area contributed by atoms with Crippen molar-refractivity contribution in [2.75, 3.05) is 5.73 Å². The second-order valence-electron chi connectivity index (χ2n) is 4.23. The predicted octanol–water partition coefficient (Wildman–Crippen LogP) is 4.04. The number of anilines is 1. The monoisotopic (exact) mass is 258 g/mol. The van der Waals surface area contributed by atoms with E-state index < -0.39 is 0 Å². The molecule has 0 fully saturated rings. The summed E-state index contributed by atoms with van der Waals surface area (Å²) in [6.07, 6.45) is 0. The summed E-state index contributed by atoms with van der Waals surface area (Å²) in [7, 11) is 0. The minimum absolute atomic E-state index is 0.504. The minimum atomic E-state index is 0.504. The number of rotatable bonds is 1. The van der Waals surface area contributed by atoms with Crippen LogP contribution in [0.4, 0.5) is 5.69 Å². The molecule has 0 aliphatic heterocycles. The Kier molecular flexibility index (Phi) is 2.49. The van der Waals surface area contributed by atoms with Crippen LogP contribution in [-0.2, 0) is 0 Å². The molecule has 3 rings (SSSR count). The van der Waals surface area contributed by atoms with Crippen LogP contribution in [0, 0.1) is 6.92 Å². The molecule has 0 bridgehead atoms. The molecule has 2 N–H and O–H groups in total. The van der Waals surface area contributed by atoms with Crippen molar-refractivity contribution in [3.63, 3.8) is 0 Å². The van der Waals surface area contributed by atoms with Crippen LogP contribution < -0.4 is 5.73 Å². The summed E-state index contributed by atoms with van der Waals surface area (Å²) in [5, 5.41) is 0.559. The van der Waals surface area contributed by atoms with Gasteiger partial charge in [0, 0.05) is 10.6 Å². The lowest BCUT2D eigenvalue weighted by Crippen LogP contribution is -1.84. The second-order valence-corrected chi connectivity index (χ2v) is 4.67. The van der Waals surface area contributed by atoms with Crippen molar-refractivity contribution in [1.82, 2.24) is 4.98 Å². The standard InChI is InChI=1S/C14H11ClN2O/c1-8-3-2-4-9(5-8)14-17-12-7-10(15)6-11(16)13(12)18-14/h2-7H,16H2,1H3. The van der Waals surface area contributed by atoms with E-state index in [4.69, 9.17) is 21.8 Å². The highest BCUT2D eigenvalue weighted by Gasteiger charge is 2.11. The van der Waals surface area contributed by atoms with E-state index in [0.717, 1.165) is 11.1 Å². The first-order valence-electron chi connectivity index (χ1n) is 5.56. The number of halogens is 1. The number of aryl methyl sites for hydroxylation is 1. The number of benzene rings is 2. The quantitative estimate of drug-likeness (QED) is 0.670. The van der Waals surface area contributed by atoms with E-state index in [-0.39, 0.29) is 0 Å². The van der Waals surface area contributed by atoms with E-state index in [1.165, 1.54) is 0 Å². The fraction of sp³-hybridized carbons (Fsp3) is 0.0714. The summed E-state index contributed by atoms with van der Waals surface area (Å²) in [6, 6.07) is 11.4. The molecular formula is C14H11ClN2O. The molecule has 0 aliphatic carbocycles. The lowest BCUT2D eigenvalue weighted by atomic mass is 10.1. The van der Waals surface area contributed by atoms with Crippen molar-refractivity contribution < 1.29 is 4.42 Å². The van der Waals surface area contributed by atoms with E-state index >= 15 is 0 Å². The van der Waals surface area contributed by atoms with Crippen LogP contribution in [0.25, 0.3) is 22.6 Å². The number of nitrogens with zero attached hydrogens (tertiary/aromatic N) is 1. The Morgan fingerprint density at radius 1 is 1.22 bits per heavy atom. The van der Waals surface area contributed by atoms with E-state index in [1.807, 2.05) is 31.2 Å². The van der Waals surface area contributed by atoms with Crippen LogP contribution in [0.2, 0.25) is 5.02 Å². The van der Waals surface area contributed by atoms with Gasteiger partial charge in [0.25, 0.3) is 0 Å². The van der Waals surface area contributed by atoms with E-state index in [0.29, 0.717) is 27.7 Å². The van der Waals surface area contributed by atoms with Gasteiger partial charge in [-0.25, -0.2) is 4.98 Å². The number of hydrogen-bond acceptors (Lipinski definition) is 3. The largest absolute Gasteiger partial charge is 0.434 e. The molecule has 0 unspecified atom stereocenters. The zero-order chi connectivity index (χ0) is 12.7. The number of aromatic nitrogens is 1. The Bertz CT molecular complexity index is 734. The molecule has 0 aliphatic rings. The third-order valence-corrected chi connectivity index (χ3v) is 2.97. The Morgan fingerprint density at radius 2 is 2.06 bits per heavy atom. The maximum atomic E-state index is 5.94. The van der Waals surface area contributed by atoms with Crippen LogP contribution in [0.3, 0.4) is 0 Å². The molecule has 2 aromatic carbocycles. The van der Waals surface area contributed by atoms with E-state index in [9.17, 15) is 0 Å². The Balaban J connectivity index is 2.22. The van der Waals surface area contributed by atoms with Crippen LogP contribution in [0.5, 0.6) is 0 Å². The molecule has 4 heteroatoms. The van der Waals surface area contributed by atoms with Gasteiger partial charge in [0.1, 0.15) is 5.52 Å². The first kappa shape index (κ1) is 11.1. The molecule has 0 saturated heterocycles. The molecule has 3 nitrogen and oxygen atoms in total. The summed E-state index contributed by atoms with van der Waals surface area (Å²) < 4.78 is 5.70. The number of fused-ring (bicyclic) bond motifs is 1. The molecule has 1 aromatic heterocycles. The van der Waals surface area contributed by atoms with Crippen molar-refractivity contribution in [3.05, 3.63) is 47.0 Å². The maximum Gasteiger partial charge on any atom is 0.227 e. The predicted molar refractivity (Wildman–Crippen MR) is 73.6 cm³/mol. The van der Waals surface area contributed by atoms with Gasteiger partial charge in [0.2, 0.25) is 5.89 Å². The maximum absolute atomic E-state index is 5.94. The Hall–Kier alpha value is -2.00. The van der Waals surface area contributed by atoms with Crippen molar-refractivity contribution in [1.29, 1.82) is 0 Å². The van der Waals surface area contributed by atoms with Crippen LogP contribution in [-0.4, -0.2) is 4.98 Å². The van der Waals surface area contributed by atoms with Gasteiger partial charge in [0.05, 0.1) is 5.69 Å². The lowest BCUT2D eigenvalue weighted by molar-refractivity contribution is 0.621. The van der Waals surface area contributed by atoms with E-state index in [1.54, 1.807) is 12.1 Å². The fourth-order valence-electron chi connectivity index (χ4n) is 1.92. The van der Waals surface area contributed by atoms with Gasteiger partial charge < -0.3 is 10.2 Å². The highest BCUT2D eigenvalue weighted by Crippen LogP contribution is 2.30. The second kappa shape index (κ2) is 4.03. The van der Waals surface area contributed by atoms with Gasteiger partial charge in [-0.1, -0.05) is 29.3 Å². The first-order chi connectivity index (χ1) is 8.63. The fourth-order valence-corrected chi connectivity index (χ4v) is 2.15. The number of nitrogen functional groups attached to an aromatic ring is 1. The van der Waals surface area contributed by atoms with Gasteiger partial charge in [0.15, 0.2) is 5.58 Å². The van der Waals surface area contributed by atoms with Crippen molar-refractivity contribution in [2.45, 2.75) is 6.92 Å². The zero-order valence-corrected chi connectivity index (χ0v) is 10.5. The summed E-state index contributed by atoms with van der Waals surface area (Å²) >= 11 is 5.94.